The van der Waals surface area contributed by atoms with Gasteiger partial charge < -0.3 is 4.74 Å². The first-order valence-electron chi connectivity index (χ1n) is 7.11. The maximum absolute atomic E-state index is 11.4. The van der Waals surface area contributed by atoms with Crippen LogP contribution in [-0.2, 0) is 9.53 Å². The van der Waals surface area contributed by atoms with Crippen LogP contribution in [0.2, 0.25) is 0 Å². The largest absolute Gasteiger partial charge is 0.466 e. The first-order chi connectivity index (χ1) is 7.95. The molecule has 0 aromatic rings. The summed E-state index contributed by atoms with van der Waals surface area (Å²) in [6.07, 6.45) is 9.31. The van der Waals surface area contributed by atoms with Crippen molar-refractivity contribution in [2.24, 2.45) is 5.41 Å². The molecule has 0 aromatic heterocycles. The van der Waals surface area contributed by atoms with Gasteiger partial charge in [0.05, 0.1) is 13.0 Å². The number of unbranched alkanes of at least 4 members (excludes halogenated alkanes) is 6. The Morgan fingerprint density at radius 1 is 0.941 bits per heavy atom. The van der Waals surface area contributed by atoms with Crippen molar-refractivity contribution in [3.63, 3.8) is 0 Å². The molecule has 0 bridgehead atoms. The molecule has 0 aliphatic rings. The quantitative estimate of drug-likeness (QED) is 0.432. The fourth-order valence-electron chi connectivity index (χ4n) is 1.73. The Morgan fingerprint density at radius 2 is 1.47 bits per heavy atom. The van der Waals surface area contributed by atoms with E-state index in [2.05, 4.69) is 27.7 Å². The molecule has 0 fully saturated rings. The molecular weight excluding hydrogens is 212 g/mol. The average Bonchev–Trinajstić information content (AvgIpc) is 2.19. The normalized spacial score (nSPS) is 11.5. The summed E-state index contributed by atoms with van der Waals surface area (Å²) in [6.45, 7) is 9.00. The predicted octanol–water partition coefficient (Wildman–Crippen LogP) is 4.72. The molecule has 2 heteroatoms. The van der Waals surface area contributed by atoms with Gasteiger partial charge in [0.1, 0.15) is 0 Å². The van der Waals surface area contributed by atoms with Crippen molar-refractivity contribution in [2.75, 3.05) is 6.61 Å². The number of ether oxygens (including phenoxy) is 1. The van der Waals surface area contributed by atoms with Gasteiger partial charge >= 0.3 is 5.97 Å². The van der Waals surface area contributed by atoms with Gasteiger partial charge in [0.2, 0.25) is 0 Å². The Balaban J connectivity index is 3.25. The van der Waals surface area contributed by atoms with Crippen LogP contribution in [0, 0.1) is 5.41 Å². The molecule has 0 spiro atoms. The standard InChI is InChI=1S/C15H30O2/c1-5-6-7-8-9-10-11-12-17-14(16)13-15(2,3)4/h5-13H2,1-4H3. The highest BCUT2D eigenvalue weighted by Gasteiger charge is 2.16. The van der Waals surface area contributed by atoms with Gasteiger partial charge in [0.15, 0.2) is 0 Å². The molecule has 2 nitrogen and oxygen atoms in total. The van der Waals surface area contributed by atoms with E-state index in [4.69, 9.17) is 4.74 Å². The minimum atomic E-state index is -0.0523. The van der Waals surface area contributed by atoms with Crippen LogP contribution in [0.4, 0.5) is 0 Å². The van der Waals surface area contributed by atoms with Crippen LogP contribution in [0.3, 0.4) is 0 Å². The fourth-order valence-corrected chi connectivity index (χ4v) is 1.73. The predicted molar refractivity (Wildman–Crippen MR) is 73.0 cm³/mol. The van der Waals surface area contributed by atoms with Gasteiger partial charge in [-0.1, -0.05) is 66.2 Å². The summed E-state index contributed by atoms with van der Waals surface area (Å²) in [5.41, 5.74) is 0.0389. The molecule has 0 atom stereocenters. The number of esters is 1. The minimum absolute atomic E-state index is 0.0389. The number of hydrogen-bond acceptors (Lipinski definition) is 2. The van der Waals surface area contributed by atoms with Crippen molar-refractivity contribution in [1.29, 1.82) is 0 Å². The maximum atomic E-state index is 11.4. The smallest absolute Gasteiger partial charge is 0.306 e. The van der Waals surface area contributed by atoms with Gasteiger partial charge in [0, 0.05) is 0 Å². The van der Waals surface area contributed by atoms with Crippen LogP contribution in [0.25, 0.3) is 0 Å². The molecule has 0 N–H and O–H groups in total. The van der Waals surface area contributed by atoms with Crippen LogP contribution < -0.4 is 0 Å². The zero-order valence-electron chi connectivity index (χ0n) is 12.2. The summed E-state index contributed by atoms with van der Waals surface area (Å²) in [5, 5.41) is 0. The average molecular weight is 242 g/mol. The zero-order valence-corrected chi connectivity index (χ0v) is 12.2. The molecule has 0 aliphatic carbocycles. The van der Waals surface area contributed by atoms with Crippen LogP contribution in [0.1, 0.15) is 79.1 Å². The molecule has 0 rings (SSSR count). The molecule has 0 heterocycles. The maximum Gasteiger partial charge on any atom is 0.306 e. The highest BCUT2D eigenvalue weighted by atomic mass is 16.5. The lowest BCUT2D eigenvalue weighted by Crippen LogP contribution is -2.15. The monoisotopic (exact) mass is 242 g/mol. The topological polar surface area (TPSA) is 26.3 Å². The SMILES string of the molecule is CCCCCCCCCOC(=O)CC(C)(C)C. The Hall–Kier alpha value is -0.530. The van der Waals surface area contributed by atoms with Crippen molar-refractivity contribution in [3.8, 4) is 0 Å². The second kappa shape index (κ2) is 9.49. The number of hydrogen-bond donors (Lipinski definition) is 0. The van der Waals surface area contributed by atoms with Crippen molar-refractivity contribution < 1.29 is 9.53 Å². The van der Waals surface area contributed by atoms with E-state index in [9.17, 15) is 4.79 Å². The molecule has 0 unspecified atom stereocenters. The van der Waals surface area contributed by atoms with Gasteiger partial charge in [-0.25, -0.2) is 0 Å². The van der Waals surface area contributed by atoms with Gasteiger partial charge in [-0.3, -0.25) is 4.79 Å². The van der Waals surface area contributed by atoms with E-state index in [1.54, 1.807) is 0 Å². The molecule has 0 saturated carbocycles. The zero-order chi connectivity index (χ0) is 13.1. The summed E-state index contributed by atoms with van der Waals surface area (Å²) in [4.78, 5) is 11.4. The van der Waals surface area contributed by atoms with E-state index in [-0.39, 0.29) is 11.4 Å². The molecule has 0 aromatic carbocycles. The van der Waals surface area contributed by atoms with E-state index in [1.165, 1.54) is 38.5 Å². The van der Waals surface area contributed by atoms with E-state index >= 15 is 0 Å². The molecule has 102 valence electrons. The van der Waals surface area contributed by atoms with Crippen molar-refractivity contribution in [2.45, 2.75) is 79.1 Å². The van der Waals surface area contributed by atoms with Crippen LogP contribution in [0.15, 0.2) is 0 Å². The fraction of sp³-hybridized carbons (Fsp3) is 0.933. The first kappa shape index (κ1) is 16.5. The van der Waals surface area contributed by atoms with Gasteiger partial charge in [-0.05, 0) is 11.8 Å². The molecule has 17 heavy (non-hydrogen) atoms. The lowest BCUT2D eigenvalue weighted by molar-refractivity contribution is -0.145. The lowest BCUT2D eigenvalue weighted by Gasteiger charge is -2.16. The molecular formula is C15H30O2. The molecule has 0 amide bonds. The molecule has 0 radical (unpaired) electrons. The van der Waals surface area contributed by atoms with Crippen molar-refractivity contribution in [1.82, 2.24) is 0 Å². The first-order valence-corrected chi connectivity index (χ1v) is 7.11. The highest BCUT2D eigenvalue weighted by Crippen LogP contribution is 2.19. The number of carbonyl (C=O) groups is 1. The third kappa shape index (κ3) is 13.4. The van der Waals surface area contributed by atoms with E-state index in [0.717, 1.165) is 6.42 Å². The van der Waals surface area contributed by atoms with Gasteiger partial charge in [-0.2, -0.15) is 0 Å². The van der Waals surface area contributed by atoms with Gasteiger partial charge in [-0.15, -0.1) is 0 Å². The Morgan fingerprint density at radius 3 is 2.00 bits per heavy atom. The van der Waals surface area contributed by atoms with Crippen molar-refractivity contribution in [3.05, 3.63) is 0 Å². The molecule has 0 saturated heterocycles. The van der Waals surface area contributed by atoms with E-state index in [0.29, 0.717) is 13.0 Å². The summed E-state index contributed by atoms with van der Waals surface area (Å²) in [5.74, 6) is -0.0523. The summed E-state index contributed by atoms with van der Waals surface area (Å²) >= 11 is 0. The Bertz CT molecular complexity index is 192. The van der Waals surface area contributed by atoms with E-state index in [1.807, 2.05) is 0 Å². The van der Waals surface area contributed by atoms with Crippen LogP contribution in [0.5, 0.6) is 0 Å². The second-order valence-electron chi connectivity index (χ2n) is 6.08. The van der Waals surface area contributed by atoms with Crippen molar-refractivity contribution >= 4 is 5.97 Å². The molecule has 0 aliphatic heterocycles. The summed E-state index contributed by atoms with van der Waals surface area (Å²) in [6, 6.07) is 0. The number of carbonyl (C=O) groups excluding carboxylic acids is 1. The lowest BCUT2D eigenvalue weighted by atomic mass is 9.92. The van der Waals surface area contributed by atoms with Crippen LogP contribution in [-0.4, -0.2) is 12.6 Å². The summed E-state index contributed by atoms with van der Waals surface area (Å²) < 4.78 is 5.21. The van der Waals surface area contributed by atoms with Crippen LogP contribution >= 0.6 is 0 Å². The van der Waals surface area contributed by atoms with E-state index < -0.39 is 0 Å². The third-order valence-electron chi connectivity index (χ3n) is 2.69. The Labute approximate surface area is 107 Å². The number of rotatable bonds is 9. The van der Waals surface area contributed by atoms with Gasteiger partial charge in [0.25, 0.3) is 0 Å². The Kier molecular flexibility index (Phi) is 9.20. The summed E-state index contributed by atoms with van der Waals surface area (Å²) in [7, 11) is 0. The minimum Gasteiger partial charge on any atom is -0.466 e. The third-order valence-corrected chi connectivity index (χ3v) is 2.69. The highest BCUT2D eigenvalue weighted by molar-refractivity contribution is 5.70. The second-order valence-corrected chi connectivity index (χ2v) is 6.08.